The van der Waals surface area contributed by atoms with E-state index >= 15 is 0 Å². The van der Waals surface area contributed by atoms with Gasteiger partial charge < -0.3 is 10.6 Å². The highest BCUT2D eigenvalue weighted by molar-refractivity contribution is 7.85. The molecule has 1 aromatic rings. The molecule has 1 aromatic carbocycles. The third-order valence-corrected chi connectivity index (χ3v) is 5.23. The van der Waals surface area contributed by atoms with Gasteiger partial charge in [-0.15, -0.1) is 0 Å². The minimum Gasteiger partial charge on any atom is -0.398 e. The number of hydrogen-bond donors (Lipinski definition) is 1. The topological polar surface area (TPSA) is 46.3 Å². The molecule has 3 nitrogen and oxygen atoms in total. The van der Waals surface area contributed by atoms with Crippen LogP contribution in [0.5, 0.6) is 0 Å². The molecule has 0 aromatic heterocycles. The van der Waals surface area contributed by atoms with Crippen molar-refractivity contribution in [1.29, 1.82) is 0 Å². The van der Waals surface area contributed by atoms with Gasteiger partial charge in [-0.1, -0.05) is 6.42 Å². The van der Waals surface area contributed by atoms with Crippen LogP contribution in [0, 0.1) is 5.82 Å². The number of piperidine rings is 1. The number of hydrogen-bond acceptors (Lipinski definition) is 3. The second kappa shape index (κ2) is 6.48. The Bertz CT molecular complexity index is 467. The molecule has 1 heterocycles. The Labute approximate surface area is 116 Å². The number of likely N-dealkylation sites (tertiary alicyclic amines) is 1. The SMILES string of the molecule is CN1CCCCC1CCS(=O)c1cc(F)ccc1N. The molecule has 0 radical (unpaired) electrons. The third kappa shape index (κ3) is 3.76. The molecule has 1 saturated heterocycles. The molecule has 1 fully saturated rings. The van der Waals surface area contributed by atoms with Crippen LogP contribution >= 0.6 is 0 Å². The Morgan fingerprint density at radius 3 is 3.00 bits per heavy atom. The fraction of sp³-hybridized carbons (Fsp3) is 0.571. The molecule has 0 saturated carbocycles. The van der Waals surface area contributed by atoms with Crippen LogP contribution in [0.3, 0.4) is 0 Å². The average molecular weight is 284 g/mol. The van der Waals surface area contributed by atoms with Gasteiger partial charge in [0.25, 0.3) is 0 Å². The van der Waals surface area contributed by atoms with Crippen molar-refractivity contribution in [3.63, 3.8) is 0 Å². The zero-order valence-electron chi connectivity index (χ0n) is 11.3. The number of halogens is 1. The van der Waals surface area contributed by atoms with E-state index in [1.165, 1.54) is 31.0 Å². The Kier molecular flexibility index (Phi) is 4.93. The van der Waals surface area contributed by atoms with Gasteiger partial charge in [-0.25, -0.2) is 4.39 Å². The Morgan fingerprint density at radius 2 is 2.26 bits per heavy atom. The van der Waals surface area contributed by atoms with E-state index in [2.05, 4.69) is 11.9 Å². The Balaban J connectivity index is 1.95. The lowest BCUT2D eigenvalue weighted by molar-refractivity contribution is 0.182. The number of anilines is 1. The summed E-state index contributed by atoms with van der Waals surface area (Å²) in [6.07, 6.45) is 4.52. The zero-order chi connectivity index (χ0) is 13.8. The highest BCUT2D eigenvalue weighted by atomic mass is 32.2. The van der Waals surface area contributed by atoms with Crippen molar-refractivity contribution < 1.29 is 8.60 Å². The number of nitrogens with zero attached hydrogens (tertiary/aromatic N) is 1. The van der Waals surface area contributed by atoms with E-state index in [0.29, 0.717) is 22.4 Å². The molecular formula is C14H21FN2OS. The van der Waals surface area contributed by atoms with Crippen LogP contribution in [-0.4, -0.2) is 34.5 Å². The second-order valence-corrected chi connectivity index (χ2v) is 6.69. The van der Waals surface area contributed by atoms with E-state index in [1.54, 1.807) is 0 Å². The van der Waals surface area contributed by atoms with E-state index in [1.807, 2.05) is 0 Å². The Hall–Kier alpha value is -0.940. The molecule has 1 aliphatic heterocycles. The summed E-state index contributed by atoms with van der Waals surface area (Å²) in [6, 6.07) is 4.56. The van der Waals surface area contributed by atoms with E-state index < -0.39 is 10.8 Å². The van der Waals surface area contributed by atoms with Crippen LogP contribution in [0.4, 0.5) is 10.1 Å². The molecule has 2 N–H and O–H groups in total. The molecule has 19 heavy (non-hydrogen) atoms. The molecule has 2 unspecified atom stereocenters. The maximum Gasteiger partial charge on any atom is 0.124 e. The van der Waals surface area contributed by atoms with Crippen LogP contribution in [0.25, 0.3) is 0 Å². The molecule has 1 aliphatic rings. The summed E-state index contributed by atoms with van der Waals surface area (Å²) < 4.78 is 25.4. The Morgan fingerprint density at radius 1 is 1.47 bits per heavy atom. The smallest absolute Gasteiger partial charge is 0.124 e. The first kappa shape index (κ1) is 14.5. The van der Waals surface area contributed by atoms with Crippen LogP contribution in [-0.2, 0) is 10.8 Å². The van der Waals surface area contributed by atoms with Crippen LogP contribution in [0.1, 0.15) is 25.7 Å². The largest absolute Gasteiger partial charge is 0.398 e. The van der Waals surface area contributed by atoms with Gasteiger partial charge in [0.2, 0.25) is 0 Å². The van der Waals surface area contributed by atoms with Crippen molar-refractivity contribution in [1.82, 2.24) is 4.90 Å². The van der Waals surface area contributed by atoms with E-state index in [-0.39, 0.29) is 5.82 Å². The van der Waals surface area contributed by atoms with Gasteiger partial charge in [-0.2, -0.15) is 0 Å². The summed E-state index contributed by atoms with van der Waals surface area (Å²) in [5, 5.41) is 0. The van der Waals surface area contributed by atoms with Gasteiger partial charge in [-0.05, 0) is 51.1 Å². The van der Waals surface area contributed by atoms with E-state index in [4.69, 9.17) is 5.73 Å². The van der Waals surface area contributed by atoms with E-state index in [9.17, 15) is 8.60 Å². The van der Waals surface area contributed by atoms with Crippen molar-refractivity contribution in [2.24, 2.45) is 0 Å². The fourth-order valence-corrected chi connectivity index (χ4v) is 3.85. The maximum atomic E-state index is 13.2. The maximum absolute atomic E-state index is 13.2. The monoisotopic (exact) mass is 284 g/mol. The predicted octanol–water partition coefficient (Wildman–Crippen LogP) is 2.39. The minimum atomic E-state index is -1.21. The quantitative estimate of drug-likeness (QED) is 0.864. The summed E-state index contributed by atoms with van der Waals surface area (Å²) in [6.45, 7) is 1.11. The summed E-state index contributed by atoms with van der Waals surface area (Å²) in [5.74, 6) is 0.162. The molecule has 0 amide bonds. The second-order valence-electron chi connectivity index (χ2n) is 5.15. The molecular weight excluding hydrogens is 263 g/mol. The van der Waals surface area contributed by atoms with Gasteiger partial charge in [0.15, 0.2) is 0 Å². The van der Waals surface area contributed by atoms with Gasteiger partial charge in [0, 0.05) is 17.5 Å². The minimum absolute atomic E-state index is 0.382. The molecule has 5 heteroatoms. The van der Waals surface area contributed by atoms with Crippen molar-refractivity contribution >= 4 is 16.5 Å². The first-order valence-corrected chi connectivity index (χ1v) is 8.03. The van der Waals surface area contributed by atoms with Crippen LogP contribution < -0.4 is 5.73 Å². The normalized spacial score (nSPS) is 22.3. The lowest BCUT2D eigenvalue weighted by Gasteiger charge is -2.32. The van der Waals surface area contributed by atoms with Gasteiger partial charge >= 0.3 is 0 Å². The van der Waals surface area contributed by atoms with Crippen molar-refractivity contribution in [2.45, 2.75) is 36.6 Å². The number of benzene rings is 1. The molecule has 0 bridgehead atoms. The third-order valence-electron chi connectivity index (χ3n) is 3.78. The van der Waals surface area contributed by atoms with Gasteiger partial charge in [0.05, 0.1) is 15.7 Å². The number of rotatable bonds is 4. The first-order chi connectivity index (χ1) is 9.08. The summed E-state index contributed by atoms with van der Waals surface area (Å²) in [7, 11) is 0.901. The van der Waals surface area contributed by atoms with Gasteiger partial charge in [0.1, 0.15) is 5.82 Å². The average Bonchev–Trinajstić information content (AvgIpc) is 2.40. The summed E-state index contributed by atoms with van der Waals surface area (Å²) in [4.78, 5) is 2.76. The lowest BCUT2D eigenvalue weighted by Crippen LogP contribution is -2.37. The highest BCUT2D eigenvalue weighted by Gasteiger charge is 2.20. The molecule has 2 atom stereocenters. The van der Waals surface area contributed by atoms with E-state index in [0.717, 1.165) is 19.4 Å². The zero-order valence-corrected chi connectivity index (χ0v) is 12.1. The fourth-order valence-electron chi connectivity index (χ4n) is 2.57. The van der Waals surface area contributed by atoms with Crippen LogP contribution in [0.15, 0.2) is 23.1 Å². The van der Waals surface area contributed by atoms with Crippen LogP contribution in [0.2, 0.25) is 0 Å². The van der Waals surface area contributed by atoms with Crippen molar-refractivity contribution in [3.05, 3.63) is 24.0 Å². The lowest BCUT2D eigenvalue weighted by atomic mass is 10.0. The molecule has 0 aliphatic carbocycles. The highest BCUT2D eigenvalue weighted by Crippen LogP contribution is 2.22. The van der Waals surface area contributed by atoms with Crippen molar-refractivity contribution in [2.75, 3.05) is 25.1 Å². The standard InChI is InChI=1S/C14H21FN2OS/c1-17-8-3-2-4-12(17)7-9-19(18)14-10-11(15)5-6-13(14)16/h5-6,10,12H,2-4,7-9,16H2,1H3. The van der Waals surface area contributed by atoms with Crippen molar-refractivity contribution in [3.8, 4) is 0 Å². The first-order valence-electron chi connectivity index (χ1n) is 6.71. The number of nitrogen functional groups attached to an aromatic ring is 1. The summed E-state index contributed by atoms with van der Waals surface area (Å²) in [5.41, 5.74) is 6.17. The molecule has 2 rings (SSSR count). The van der Waals surface area contributed by atoms with Gasteiger partial charge in [-0.3, -0.25) is 4.21 Å². The molecule has 106 valence electrons. The number of nitrogens with two attached hydrogens (primary N) is 1. The predicted molar refractivity (Wildman–Crippen MR) is 77.0 cm³/mol. The molecule has 0 spiro atoms. The summed E-state index contributed by atoms with van der Waals surface area (Å²) >= 11 is 0.